The van der Waals surface area contributed by atoms with Gasteiger partial charge in [0.1, 0.15) is 5.82 Å². The third-order valence-electron chi connectivity index (χ3n) is 5.25. The molecule has 1 aromatic carbocycles. The molecule has 1 amide bonds. The standard InChI is InChI=1S/C24H30N4.CH3NO/c1-5-7-8-12-18(4)22-15-23(25)28-24(27-22)21(16-26-28)19(6-2)14-20-13-10-9-11-17(20)3;2-1-3/h6,9-11,13-16,18H,3,5,7-8,12,25H2,1-2,4H3;1H,(H2,2,3)/b19-6+,20-14-;. The maximum absolute atomic E-state index is 8.58. The predicted molar refractivity (Wildman–Crippen MR) is 130 cm³/mol. The molecule has 3 rings (SSSR count). The normalized spacial score (nSPS) is 13.0. The molecule has 2 heterocycles. The van der Waals surface area contributed by atoms with E-state index in [0.29, 0.717) is 11.7 Å². The average Bonchev–Trinajstić information content (AvgIpc) is 3.18. The highest BCUT2D eigenvalue weighted by molar-refractivity contribution is 5.93. The van der Waals surface area contributed by atoms with E-state index < -0.39 is 0 Å². The summed E-state index contributed by atoms with van der Waals surface area (Å²) in [5, 5.41) is 6.57. The van der Waals surface area contributed by atoms with Gasteiger partial charge in [0.05, 0.1) is 6.20 Å². The number of nitrogens with two attached hydrogens (primary N) is 2. The zero-order valence-corrected chi connectivity index (χ0v) is 18.7. The average molecular weight is 420 g/mol. The fourth-order valence-corrected chi connectivity index (χ4v) is 3.47. The Morgan fingerprint density at radius 2 is 2.00 bits per heavy atom. The largest absolute Gasteiger partial charge is 0.384 e. The number of hydrogen-bond donors (Lipinski definition) is 2. The van der Waals surface area contributed by atoms with Crippen LogP contribution in [0.5, 0.6) is 0 Å². The molecule has 164 valence electrons. The van der Waals surface area contributed by atoms with Gasteiger partial charge in [-0.15, -0.1) is 0 Å². The van der Waals surface area contributed by atoms with Gasteiger partial charge in [-0.1, -0.05) is 70.0 Å². The molecule has 31 heavy (non-hydrogen) atoms. The molecule has 0 saturated heterocycles. The van der Waals surface area contributed by atoms with Gasteiger partial charge in [0.2, 0.25) is 6.41 Å². The van der Waals surface area contributed by atoms with E-state index in [0.717, 1.165) is 39.3 Å². The summed E-state index contributed by atoms with van der Waals surface area (Å²) in [6.45, 7) is 10.6. The SMILES string of the molecule is C=c1cccc/c1=C/C(=C\C)c1cnn2c(N)cc(C(C)CCCCC)nc12.NC=O. The number of fused-ring (bicyclic) bond motifs is 1. The van der Waals surface area contributed by atoms with Crippen molar-refractivity contribution in [2.45, 2.75) is 52.4 Å². The Labute approximate surface area is 184 Å². The highest BCUT2D eigenvalue weighted by Gasteiger charge is 2.15. The quantitative estimate of drug-likeness (QED) is 0.453. The zero-order valence-electron chi connectivity index (χ0n) is 18.7. The summed E-state index contributed by atoms with van der Waals surface area (Å²) in [6.07, 6.45) is 11.1. The van der Waals surface area contributed by atoms with Crippen LogP contribution in [0.3, 0.4) is 0 Å². The van der Waals surface area contributed by atoms with Crippen molar-refractivity contribution in [1.29, 1.82) is 0 Å². The van der Waals surface area contributed by atoms with Crippen molar-refractivity contribution in [3.8, 4) is 0 Å². The minimum Gasteiger partial charge on any atom is -0.384 e. The molecule has 2 aromatic heterocycles. The first-order chi connectivity index (χ1) is 15.0. The number of carbonyl (C=O) groups excluding carboxylic acids is 1. The van der Waals surface area contributed by atoms with Gasteiger partial charge in [-0.2, -0.15) is 9.61 Å². The molecule has 4 N–H and O–H groups in total. The Balaban J connectivity index is 0.00000107. The molecule has 0 aliphatic carbocycles. The number of anilines is 1. The lowest BCUT2D eigenvalue weighted by Gasteiger charge is -2.12. The fraction of sp³-hybridized carbons (Fsp3) is 0.320. The van der Waals surface area contributed by atoms with E-state index in [1.807, 2.05) is 37.4 Å². The van der Waals surface area contributed by atoms with Crippen molar-refractivity contribution in [1.82, 2.24) is 14.6 Å². The predicted octanol–water partition coefficient (Wildman–Crippen LogP) is 3.39. The molecule has 0 saturated carbocycles. The molecule has 0 fully saturated rings. The summed E-state index contributed by atoms with van der Waals surface area (Å²) >= 11 is 0. The Kier molecular flexibility index (Phi) is 9.00. The van der Waals surface area contributed by atoms with E-state index >= 15 is 0 Å². The molecule has 3 aromatic rings. The number of nitrogens with zero attached hydrogens (tertiary/aromatic N) is 3. The van der Waals surface area contributed by atoms with Crippen LogP contribution in [0.2, 0.25) is 0 Å². The molecular formula is C25H33N5O. The van der Waals surface area contributed by atoms with Crippen LogP contribution >= 0.6 is 0 Å². The van der Waals surface area contributed by atoms with E-state index in [1.165, 1.54) is 19.3 Å². The van der Waals surface area contributed by atoms with Gasteiger partial charge in [-0.3, -0.25) is 4.79 Å². The number of benzene rings is 1. The summed E-state index contributed by atoms with van der Waals surface area (Å²) < 4.78 is 1.73. The van der Waals surface area contributed by atoms with Crippen LogP contribution in [-0.4, -0.2) is 21.0 Å². The van der Waals surface area contributed by atoms with Crippen molar-refractivity contribution in [3.05, 3.63) is 64.3 Å². The molecule has 0 aliphatic heterocycles. The number of hydrogen-bond acceptors (Lipinski definition) is 4. The van der Waals surface area contributed by atoms with Crippen LogP contribution in [0.4, 0.5) is 5.82 Å². The van der Waals surface area contributed by atoms with Crippen LogP contribution in [0, 0.1) is 0 Å². The number of unbranched alkanes of at least 4 members (excludes halogenated alkanes) is 2. The highest BCUT2D eigenvalue weighted by atomic mass is 16.1. The minimum atomic E-state index is 0.250. The lowest BCUT2D eigenvalue weighted by atomic mass is 9.99. The lowest BCUT2D eigenvalue weighted by Crippen LogP contribution is -2.21. The van der Waals surface area contributed by atoms with Gasteiger partial charge in [-0.05, 0) is 41.3 Å². The topological polar surface area (TPSA) is 99.3 Å². The van der Waals surface area contributed by atoms with Gasteiger partial charge >= 0.3 is 0 Å². The van der Waals surface area contributed by atoms with E-state index in [1.54, 1.807) is 4.52 Å². The molecule has 6 nitrogen and oxygen atoms in total. The minimum absolute atomic E-state index is 0.250. The molecule has 0 radical (unpaired) electrons. The second kappa shape index (κ2) is 11.7. The zero-order chi connectivity index (χ0) is 22.8. The molecule has 0 spiro atoms. The molecule has 1 atom stereocenters. The maximum Gasteiger partial charge on any atom is 0.204 e. The first-order valence-electron chi connectivity index (χ1n) is 10.7. The van der Waals surface area contributed by atoms with Gasteiger partial charge in [-0.25, -0.2) is 4.98 Å². The summed E-state index contributed by atoms with van der Waals surface area (Å²) in [5.41, 5.74) is 14.4. The van der Waals surface area contributed by atoms with Gasteiger partial charge in [0.25, 0.3) is 0 Å². The van der Waals surface area contributed by atoms with Crippen molar-refractivity contribution in [2.75, 3.05) is 5.73 Å². The van der Waals surface area contributed by atoms with Gasteiger partial charge < -0.3 is 11.5 Å². The smallest absolute Gasteiger partial charge is 0.204 e. The summed E-state index contributed by atoms with van der Waals surface area (Å²) in [5.74, 6) is 1.00. The van der Waals surface area contributed by atoms with Crippen molar-refractivity contribution in [2.24, 2.45) is 5.73 Å². The molecular weight excluding hydrogens is 386 g/mol. The van der Waals surface area contributed by atoms with E-state index in [4.69, 9.17) is 15.5 Å². The van der Waals surface area contributed by atoms with Crippen molar-refractivity contribution in [3.63, 3.8) is 0 Å². The Bertz CT molecular complexity index is 1150. The van der Waals surface area contributed by atoms with Crippen molar-refractivity contribution >= 4 is 36.1 Å². The number of rotatable bonds is 7. The number of allylic oxidation sites excluding steroid dienone is 2. The molecule has 0 aliphatic rings. The molecule has 6 heteroatoms. The Hall–Kier alpha value is -3.41. The van der Waals surface area contributed by atoms with Gasteiger partial charge in [0.15, 0.2) is 5.65 Å². The number of nitrogen functional groups attached to an aromatic ring is 1. The second-order valence-electron chi connectivity index (χ2n) is 7.52. The summed E-state index contributed by atoms with van der Waals surface area (Å²) in [7, 11) is 0. The number of carbonyl (C=O) groups is 1. The molecule has 0 bridgehead atoms. The van der Waals surface area contributed by atoms with Crippen molar-refractivity contribution < 1.29 is 4.79 Å². The van der Waals surface area contributed by atoms with Gasteiger partial charge in [0, 0.05) is 17.3 Å². The number of aromatic nitrogens is 3. The number of amides is 1. The van der Waals surface area contributed by atoms with Crippen LogP contribution in [0.25, 0.3) is 23.9 Å². The number of primary amides is 1. The summed E-state index contributed by atoms with van der Waals surface area (Å²) in [6, 6.07) is 10.1. The van der Waals surface area contributed by atoms with Crippen LogP contribution in [-0.2, 0) is 4.79 Å². The second-order valence-corrected chi connectivity index (χ2v) is 7.52. The molecule has 1 unspecified atom stereocenters. The fourth-order valence-electron chi connectivity index (χ4n) is 3.47. The maximum atomic E-state index is 8.58. The first-order valence-corrected chi connectivity index (χ1v) is 10.7. The Morgan fingerprint density at radius 1 is 1.29 bits per heavy atom. The Morgan fingerprint density at radius 3 is 2.65 bits per heavy atom. The monoisotopic (exact) mass is 419 g/mol. The lowest BCUT2D eigenvalue weighted by molar-refractivity contribution is -0.106. The third-order valence-corrected chi connectivity index (χ3v) is 5.25. The van der Waals surface area contributed by atoms with E-state index in [2.05, 4.69) is 49.5 Å². The highest BCUT2D eigenvalue weighted by Crippen LogP contribution is 2.26. The van der Waals surface area contributed by atoms with E-state index in [-0.39, 0.29) is 6.41 Å². The summed E-state index contributed by atoms with van der Waals surface area (Å²) in [4.78, 5) is 13.5. The van der Waals surface area contributed by atoms with Crippen LogP contribution in [0.1, 0.15) is 63.6 Å². The third kappa shape index (κ3) is 6.04. The van der Waals surface area contributed by atoms with Crippen LogP contribution in [0.15, 0.2) is 42.6 Å². The van der Waals surface area contributed by atoms with Crippen LogP contribution < -0.4 is 21.9 Å². The van der Waals surface area contributed by atoms with E-state index in [9.17, 15) is 0 Å². The first kappa shape index (κ1) is 23.9.